The third kappa shape index (κ3) is 0.870. The minimum atomic E-state index is -1.08. The fourth-order valence-corrected chi connectivity index (χ4v) is 1.69. The standard InChI is InChI=1S/C10H10O2/c1-2-10(11)6-3-4-9-8(10)5-7-12-9/h1,5,7,11H,3-4,6H2. The van der Waals surface area contributed by atoms with Crippen molar-refractivity contribution in [2.24, 2.45) is 0 Å². The maximum Gasteiger partial charge on any atom is 0.154 e. The van der Waals surface area contributed by atoms with Crippen LogP contribution < -0.4 is 0 Å². The van der Waals surface area contributed by atoms with Crippen LogP contribution in [0, 0.1) is 12.3 Å². The van der Waals surface area contributed by atoms with E-state index in [1.165, 1.54) is 0 Å². The van der Waals surface area contributed by atoms with Gasteiger partial charge in [0.25, 0.3) is 0 Å². The Bertz CT molecular complexity index is 332. The quantitative estimate of drug-likeness (QED) is 0.585. The summed E-state index contributed by atoms with van der Waals surface area (Å²) in [6.45, 7) is 0. The van der Waals surface area contributed by atoms with Gasteiger partial charge in [-0.1, -0.05) is 5.92 Å². The van der Waals surface area contributed by atoms with Crippen molar-refractivity contribution < 1.29 is 9.52 Å². The van der Waals surface area contributed by atoms with E-state index in [9.17, 15) is 5.11 Å². The molecule has 0 bridgehead atoms. The molecule has 62 valence electrons. The Labute approximate surface area is 71.2 Å². The zero-order valence-corrected chi connectivity index (χ0v) is 6.71. The molecule has 0 aromatic carbocycles. The highest BCUT2D eigenvalue weighted by Gasteiger charge is 2.34. The van der Waals surface area contributed by atoms with E-state index in [1.54, 1.807) is 12.3 Å². The number of hydrogen-bond donors (Lipinski definition) is 1. The lowest BCUT2D eigenvalue weighted by atomic mass is 9.84. The number of rotatable bonds is 0. The van der Waals surface area contributed by atoms with Gasteiger partial charge in [0.05, 0.1) is 6.26 Å². The Kier molecular flexibility index (Phi) is 1.49. The second-order valence-corrected chi connectivity index (χ2v) is 3.12. The van der Waals surface area contributed by atoms with Gasteiger partial charge in [0.2, 0.25) is 0 Å². The fraction of sp³-hybridized carbons (Fsp3) is 0.400. The van der Waals surface area contributed by atoms with Crippen LogP contribution in [0.1, 0.15) is 24.2 Å². The van der Waals surface area contributed by atoms with Gasteiger partial charge in [-0.25, -0.2) is 0 Å². The summed E-state index contributed by atoms with van der Waals surface area (Å²) in [6.07, 6.45) is 9.26. The largest absolute Gasteiger partial charge is 0.469 e. The van der Waals surface area contributed by atoms with Crippen molar-refractivity contribution in [2.45, 2.75) is 24.9 Å². The maximum absolute atomic E-state index is 9.92. The molecule has 1 heterocycles. The highest BCUT2D eigenvalue weighted by atomic mass is 16.3. The molecule has 1 aliphatic rings. The molecule has 2 nitrogen and oxygen atoms in total. The van der Waals surface area contributed by atoms with Gasteiger partial charge in [-0.15, -0.1) is 6.42 Å². The molecular weight excluding hydrogens is 152 g/mol. The van der Waals surface area contributed by atoms with Crippen LogP contribution in [0.2, 0.25) is 0 Å². The van der Waals surface area contributed by atoms with Crippen LogP contribution in [-0.4, -0.2) is 5.11 Å². The summed E-state index contributed by atoms with van der Waals surface area (Å²) >= 11 is 0. The fourth-order valence-electron chi connectivity index (χ4n) is 1.69. The van der Waals surface area contributed by atoms with Crippen LogP contribution in [0.5, 0.6) is 0 Å². The Morgan fingerprint density at radius 2 is 2.50 bits per heavy atom. The Balaban J connectivity index is 2.53. The summed E-state index contributed by atoms with van der Waals surface area (Å²) in [7, 11) is 0. The molecule has 1 N–H and O–H groups in total. The lowest BCUT2D eigenvalue weighted by Gasteiger charge is -2.25. The number of fused-ring (bicyclic) bond motifs is 1. The first-order valence-corrected chi connectivity index (χ1v) is 4.03. The third-order valence-electron chi connectivity index (χ3n) is 2.37. The molecule has 0 saturated carbocycles. The van der Waals surface area contributed by atoms with Crippen molar-refractivity contribution in [2.75, 3.05) is 0 Å². The lowest BCUT2D eigenvalue weighted by molar-refractivity contribution is 0.0777. The van der Waals surface area contributed by atoms with Crippen LogP contribution in [0.3, 0.4) is 0 Å². The summed E-state index contributed by atoms with van der Waals surface area (Å²) in [5, 5.41) is 9.92. The Morgan fingerprint density at radius 3 is 3.25 bits per heavy atom. The van der Waals surface area contributed by atoms with E-state index in [4.69, 9.17) is 10.8 Å². The summed E-state index contributed by atoms with van der Waals surface area (Å²) < 4.78 is 5.20. The first-order valence-electron chi connectivity index (χ1n) is 4.03. The number of aliphatic hydroxyl groups is 1. The first kappa shape index (κ1) is 7.45. The summed E-state index contributed by atoms with van der Waals surface area (Å²) in [5.41, 5.74) is -0.308. The molecule has 1 unspecified atom stereocenters. The Morgan fingerprint density at radius 1 is 1.67 bits per heavy atom. The first-order chi connectivity index (χ1) is 5.76. The molecule has 2 rings (SSSR count). The van der Waals surface area contributed by atoms with Crippen molar-refractivity contribution in [3.63, 3.8) is 0 Å². The second-order valence-electron chi connectivity index (χ2n) is 3.12. The molecule has 12 heavy (non-hydrogen) atoms. The van der Waals surface area contributed by atoms with Gasteiger partial charge in [-0.2, -0.15) is 0 Å². The number of aryl methyl sites for hydroxylation is 1. The van der Waals surface area contributed by atoms with Crippen LogP contribution in [-0.2, 0) is 12.0 Å². The smallest absolute Gasteiger partial charge is 0.154 e. The summed E-state index contributed by atoms with van der Waals surface area (Å²) in [4.78, 5) is 0. The second kappa shape index (κ2) is 2.40. The average Bonchev–Trinajstić information content (AvgIpc) is 2.54. The highest BCUT2D eigenvalue weighted by molar-refractivity contribution is 5.34. The van der Waals surface area contributed by atoms with Gasteiger partial charge in [0, 0.05) is 12.0 Å². The molecule has 2 heteroatoms. The monoisotopic (exact) mass is 162 g/mol. The van der Waals surface area contributed by atoms with E-state index in [-0.39, 0.29) is 0 Å². The van der Waals surface area contributed by atoms with E-state index < -0.39 is 5.60 Å². The molecule has 0 radical (unpaired) electrons. The van der Waals surface area contributed by atoms with Gasteiger partial charge >= 0.3 is 0 Å². The third-order valence-corrected chi connectivity index (χ3v) is 2.37. The molecule has 0 spiro atoms. The van der Waals surface area contributed by atoms with Crippen LogP contribution in [0.25, 0.3) is 0 Å². The van der Waals surface area contributed by atoms with Crippen LogP contribution in [0.15, 0.2) is 16.7 Å². The lowest BCUT2D eigenvalue weighted by Crippen LogP contribution is -2.27. The molecule has 0 fully saturated rings. The van der Waals surface area contributed by atoms with E-state index in [0.29, 0.717) is 6.42 Å². The highest BCUT2D eigenvalue weighted by Crippen LogP contribution is 2.35. The molecule has 1 aromatic heterocycles. The van der Waals surface area contributed by atoms with Crippen molar-refractivity contribution in [1.82, 2.24) is 0 Å². The minimum Gasteiger partial charge on any atom is -0.469 e. The zero-order valence-electron chi connectivity index (χ0n) is 6.71. The van der Waals surface area contributed by atoms with E-state index in [2.05, 4.69) is 5.92 Å². The predicted octanol–water partition coefficient (Wildman–Crippen LogP) is 1.44. The predicted molar refractivity (Wildman–Crippen MR) is 44.4 cm³/mol. The molecule has 1 aliphatic carbocycles. The summed E-state index contributed by atoms with van der Waals surface area (Å²) in [6, 6.07) is 1.76. The minimum absolute atomic E-state index is 0.635. The molecule has 0 saturated heterocycles. The number of hydrogen-bond acceptors (Lipinski definition) is 2. The van der Waals surface area contributed by atoms with E-state index in [0.717, 1.165) is 24.2 Å². The van der Waals surface area contributed by atoms with Crippen molar-refractivity contribution in [3.8, 4) is 12.3 Å². The van der Waals surface area contributed by atoms with Crippen molar-refractivity contribution in [1.29, 1.82) is 0 Å². The molecule has 1 atom stereocenters. The summed E-state index contributed by atoms with van der Waals surface area (Å²) in [5.74, 6) is 3.25. The van der Waals surface area contributed by atoms with Gasteiger partial charge in [-0.3, -0.25) is 0 Å². The normalized spacial score (nSPS) is 27.7. The Hall–Kier alpha value is -1.20. The van der Waals surface area contributed by atoms with Crippen LogP contribution >= 0.6 is 0 Å². The van der Waals surface area contributed by atoms with Crippen LogP contribution in [0.4, 0.5) is 0 Å². The van der Waals surface area contributed by atoms with Crippen molar-refractivity contribution >= 4 is 0 Å². The average molecular weight is 162 g/mol. The maximum atomic E-state index is 9.92. The molecular formula is C10H10O2. The van der Waals surface area contributed by atoms with Gasteiger partial charge in [-0.05, 0) is 18.9 Å². The molecule has 1 aromatic rings. The van der Waals surface area contributed by atoms with Gasteiger partial charge in [0.1, 0.15) is 5.76 Å². The van der Waals surface area contributed by atoms with Gasteiger partial charge < -0.3 is 9.52 Å². The van der Waals surface area contributed by atoms with Crippen molar-refractivity contribution in [3.05, 3.63) is 23.7 Å². The van der Waals surface area contributed by atoms with Gasteiger partial charge in [0.15, 0.2) is 5.60 Å². The zero-order chi connectivity index (χ0) is 8.60. The molecule has 0 aliphatic heterocycles. The molecule has 0 amide bonds. The topological polar surface area (TPSA) is 33.4 Å². The number of terminal acetylenes is 1. The number of furan rings is 1. The SMILES string of the molecule is C#CC1(O)CCCc2occc21. The van der Waals surface area contributed by atoms with E-state index >= 15 is 0 Å². The van der Waals surface area contributed by atoms with E-state index in [1.807, 2.05) is 0 Å².